The van der Waals surface area contributed by atoms with Gasteiger partial charge in [0.1, 0.15) is 0 Å². The highest BCUT2D eigenvalue weighted by Crippen LogP contribution is 2.52. The zero-order valence-electron chi connectivity index (χ0n) is 12.6. The quantitative estimate of drug-likeness (QED) is 0.621. The normalized spacial score (nSPS) is 18.4. The molecule has 2 atom stereocenters. The summed E-state index contributed by atoms with van der Waals surface area (Å²) < 4.78 is 19.4. The number of nitrogens with zero attached hydrogens (tertiary/aromatic N) is 2. The second-order valence-electron chi connectivity index (χ2n) is 5.65. The van der Waals surface area contributed by atoms with Crippen LogP contribution in [0.5, 0.6) is 0 Å². The van der Waals surface area contributed by atoms with Gasteiger partial charge in [0.25, 0.3) is 0 Å². The van der Waals surface area contributed by atoms with E-state index < -0.39 is 13.1 Å². The lowest BCUT2D eigenvalue weighted by Crippen LogP contribution is -2.29. The summed E-state index contributed by atoms with van der Waals surface area (Å²) in [7, 11) is -0.0968. The van der Waals surface area contributed by atoms with Crippen LogP contribution in [0.4, 0.5) is 0 Å². The molecule has 0 amide bonds. The first-order valence-corrected chi connectivity index (χ1v) is 8.17. The molecule has 5 heteroatoms. The predicted octanol–water partition coefficient (Wildman–Crippen LogP) is 4.23. The molecule has 0 aromatic carbocycles. The average Bonchev–Trinajstić information content (AvgIpc) is 2.28. The van der Waals surface area contributed by atoms with Gasteiger partial charge in [0.05, 0.1) is 5.60 Å². The molecule has 0 aliphatic heterocycles. The third-order valence-electron chi connectivity index (χ3n) is 3.23. The predicted molar refractivity (Wildman–Crippen MR) is 75.4 cm³/mol. The second kappa shape index (κ2) is 7.28. The van der Waals surface area contributed by atoms with Crippen LogP contribution in [0.25, 0.3) is 0 Å². The zero-order valence-corrected chi connectivity index (χ0v) is 13.5. The van der Waals surface area contributed by atoms with E-state index in [4.69, 9.17) is 9.79 Å². The Morgan fingerprint density at radius 2 is 2.00 bits per heavy atom. The summed E-state index contributed by atoms with van der Waals surface area (Å²) in [5.74, 6) is 2.48. The molecule has 4 nitrogen and oxygen atoms in total. The maximum Gasteiger partial charge on any atom is 0.371 e. The van der Waals surface area contributed by atoms with Crippen molar-refractivity contribution in [3.8, 4) is 5.81 Å². The van der Waals surface area contributed by atoms with E-state index in [2.05, 4.69) is 13.8 Å². The van der Waals surface area contributed by atoms with Crippen LogP contribution in [0.3, 0.4) is 0 Å². The Labute approximate surface area is 112 Å². The first kappa shape index (κ1) is 17.6. The van der Waals surface area contributed by atoms with Crippen molar-refractivity contribution in [2.24, 2.45) is 5.92 Å². The second-order valence-corrected chi connectivity index (χ2v) is 7.87. The summed E-state index contributed by atoms with van der Waals surface area (Å²) in [6.45, 7) is 8.32. The lowest BCUT2D eigenvalue weighted by molar-refractivity contribution is 0.0683. The Kier molecular flexibility index (Phi) is 7.14. The van der Waals surface area contributed by atoms with E-state index in [0.29, 0.717) is 5.92 Å². The lowest BCUT2D eigenvalue weighted by Gasteiger charge is -2.32. The Hall–Kier alpha value is -0.360. The van der Waals surface area contributed by atoms with Gasteiger partial charge in [-0.3, -0.25) is 4.57 Å². The van der Waals surface area contributed by atoms with Gasteiger partial charge < -0.3 is 4.52 Å². The van der Waals surface area contributed by atoms with Crippen LogP contribution in [-0.2, 0) is 9.09 Å². The van der Waals surface area contributed by atoms with E-state index in [1.165, 1.54) is 4.67 Å². The van der Waals surface area contributed by atoms with E-state index >= 15 is 0 Å². The minimum atomic E-state index is -3.34. The van der Waals surface area contributed by atoms with Crippen LogP contribution in [-0.4, -0.2) is 24.4 Å². The minimum absolute atomic E-state index is 0.482. The molecule has 0 saturated heterocycles. The van der Waals surface area contributed by atoms with Gasteiger partial charge in [0.15, 0.2) is 5.81 Å². The molecule has 0 rings (SSSR count). The molecular formula is C13H27N2O2P. The molecule has 2 unspecified atom stereocenters. The van der Waals surface area contributed by atoms with Crippen LogP contribution < -0.4 is 0 Å². The maximum atomic E-state index is 12.3. The van der Waals surface area contributed by atoms with Crippen LogP contribution in [0.15, 0.2) is 0 Å². The average molecular weight is 274 g/mol. The number of hydrogen-bond donors (Lipinski definition) is 0. The summed E-state index contributed by atoms with van der Waals surface area (Å²) in [4.78, 5) is 0. The highest BCUT2D eigenvalue weighted by atomic mass is 31.2. The van der Waals surface area contributed by atoms with Crippen molar-refractivity contribution in [1.82, 2.24) is 4.67 Å². The first-order valence-electron chi connectivity index (χ1n) is 6.59. The number of hydrogen-bond acceptors (Lipinski definition) is 3. The lowest BCUT2D eigenvalue weighted by atomic mass is 9.94. The van der Waals surface area contributed by atoms with Gasteiger partial charge in [-0.2, -0.15) is 5.26 Å². The Morgan fingerprint density at radius 1 is 1.44 bits per heavy atom. The van der Waals surface area contributed by atoms with Crippen LogP contribution in [0.2, 0.25) is 0 Å². The molecule has 0 aliphatic rings. The Bertz CT molecular complexity index is 336. The summed E-state index contributed by atoms with van der Waals surface area (Å²) in [6, 6.07) is 0. The van der Waals surface area contributed by atoms with Crippen molar-refractivity contribution >= 4 is 7.52 Å². The van der Waals surface area contributed by atoms with E-state index in [-0.39, 0.29) is 0 Å². The van der Waals surface area contributed by atoms with E-state index in [1.54, 1.807) is 14.1 Å². The van der Waals surface area contributed by atoms with Gasteiger partial charge in [0, 0.05) is 0 Å². The first-order chi connectivity index (χ1) is 8.19. The topological polar surface area (TPSA) is 53.3 Å². The maximum absolute atomic E-state index is 12.3. The van der Waals surface area contributed by atoms with Gasteiger partial charge in [-0.1, -0.05) is 33.6 Å². The highest BCUT2D eigenvalue weighted by molar-refractivity contribution is 7.61. The summed E-state index contributed by atoms with van der Waals surface area (Å²) in [6.07, 6.45) is 3.74. The Morgan fingerprint density at radius 3 is 2.33 bits per heavy atom. The molecule has 18 heavy (non-hydrogen) atoms. The molecule has 0 spiro atoms. The van der Waals surface area contributed by atoms with E-state index in [9.17, 15) is 4.57 Å². The largest absolute Gasteiger partial charge is 0.371 e. The molecular weight excluding hydrogens is 247 g/mol. The fraction of sp³-hybridized carbons (Fsp3) is 0.923. The fourth-order valence-corrected chi connectivity index (χ4v) is 2.86. The van der Waals surface area contributed by atoms with Gasteiger partial charge >= 0.3 is 7.52 Å². The smallest absolute Gasteiger partial charge is 0.301 e. The number of nitriles is 1. The molecule has 0 N–H and O–H groups in total. The SMILES string of the molecule is CCC(C)(CCCC(C)C)OP(=O)(C#N)N(C)C. The Balaban J connectivity index is 4.66. The summed E-state index contributed by atoms with van der Waals surface area (Å²) in [5.41, 5.74) is -0.482. The van der Waals surface area contributed by atoms with Gasteiger partial charge in [0.2, 0.25) is 0 Å². The fourth-order valence-electron chi connectivity index (χ4n) is 1.66. The van der Waals surface area contributed by atoms with Crippen molar-refractivity contribution in [2.75, 3.05) is 14.1 Å². The van der Waals surface area contributed by atoms with E-state index in [0.717, 1.165) is 25.7 Å². The van der Waals surface area contributed by atoms with E-state index in [1.807, 2.05) is 19.7 Å². The van der Waals surface area contributed by atoms with Gasteiger partial charge in [-0.15, -0.1) is 0 Å². The van der Waals surface area contributed by atoms with Crippen molar-refractivity contribution in [3.05, 3.63) is 0 Å². The highest BCUT2D eigenvalue weighted by Gasteiger charge is 2.36. The van der Waals surface area contributed by atoms with Crippen molar-refractivity contribution in [2.45, 2.75) is 59.0 Å². The van der Waals surface area contributed by atoms with Crippen molar-refractivity contribution in [1.29, 1.82) is 5.26 Å². The zero-order chi connectivity index (χ0) is 14.4. The molecule has 0 bridgehead atoms. The molecule has 0 saturated carbocycles. The molecule has 0 aromatic heterocycles. The molecule has 0 aliphatic carbocycles. The van der Waals surface area contributed by atoms with Crippen LogP contribution in [0, 0.1) is 17.0 Å². The minimum Gasteiger partial charge on any atom is -0.301 e. The van der Waals surface area contributed by atoms with Crippen LogP contribution >= 0.6 is 7.52 Å². The van der Waals surface area contributed by atoms with Crippen molar-refractivity contribution < 1.29 is 9.09 Å². The number of rotatable bonds is 8. The van der Waals surface area contributed by atoms with Gasteiger partial charge in [-0.05, 0) is 39.8 Å². The summed E-state index contributed by atoms with van der Waals surface area (Å²) >= 11 is 0. The standard InChI is InChI=1S/C13H27N2O2P/c1-7-13(4,10-8-9-12(2)3)17-18(16,11-14)15(5)6/h12H,7-10H2,1-6H3. The van der Waals surface area contributed by atoms with Crippen LogP contribution in [0.1, 0.15) is 53.4 Å². The summed E-state index contributed by atoms with van der Waals surface area (Å²) in [5, 5.41) is 9.05. The molecule has 0 fully saturated rings. The van der Waals surface area contributed by atoms with Crippen molar-refractivity contribution in [3.63, 3.8) is 0 Å². The molecule has 0 radical (unpaired) electrons. The molecule has 0 heterocycles. The third-order valence-corrected chi connectivity index (χ3v) is 5.23. The molecule has 0 aromatic rings. The monoisotopic (exact) mass is 274 g/mol. The molecule has 106 valence electrons. The van der Waals surface area contributed by atoms with Gasteiger partial charge in [-0.25, -0.2) is 4.67 Å². The third kappa shape index (κ3) is 5.52.